The highest BCUT2D eigenvalue weighted by Crippen LogP contribution is 2.31. The van der Waals surface area contributed by atoms with Crippen molar-refractivity contribution in [3.05, 3.63) is 116 Å². The zero-order valence-corrected chi connectivity index (χ0v) is 27.3. The number of carbonyl (C=O) groups excluding carboxylic acids is 1. The number of nitrogens with one attached hydrogen (secondary N) is 1. The summed E-state index contributed by atoms with van der Waals surface area (Å²) in [6, 6.07) is 21.3. The lowest BCUT2D eigenvalue weighted by atomic mass is 10.1. The van der Waals surface area contributed by atoms with Crippen LogP contribution < -0.4 is 19.2 Å². The summed E-state index contributed by atoms with van der Waals surface area (Å²) in [6.07, 6.45) is 1.42. The van der Waals surface area contributed by atoms with Crippen LogP contribution in [0.3, 0.4) is 0 Å². The van der Waals surface area contributed by atoms with Crippen molar-refractivity contribution < 1.29 is 22.7 Å². The largest absolute Gasteiger partial charge is 0.490 e. The molecule has 44 heavy (non-hydrogen) atoms. The van der Waals surface area contributed by atoms with Gasteiger partial charge < -0.3 is 9.47 Å². The summed E-state index contributed by atoms with van der Waals surface area (Å²) in [5.74, 6) is 0.333. The van der Waals surface area contributed by atoms with Gasteiger partial charge in [-0.3, -0.25) is 9.10 Å². The first-order valence-corrected chi connectivity index (χ1v) is 16.1. The normalized spacial score (nSPS) is 11.4. The average molecular weight is 675 g/mol. The summed E-state index contributed by atoms with van der Waals surface area (Å²) in [5, 5.41) is 5.46. The molecule has 4 aromatic carbocycles. The molecule has 0 heterocycles. The summed E-state index contributed by atoms with van der Waals surface area (Å²) >= 11 is 18.2. The van der Waals surface area contributed by atoms with Crippen LogP contribution in [-0.2, 0) is 21.4 Å². The van der Waals surface area contributed by atoms with Gasteiger partial charge in [0.2, 0.25) is 0 Å². The number of aryl methyl sites for hydroxylation is 2. The van der Waals surface area contributed by atoms with Crippen molar-refractivity contribution in [2.75, 3.05) is 17.5 Å². The molecule has 12 heteroatoms. The maximum Gasteiger partial charge on any atom is 0.264 e. The van der Waals surface area contributed by atoms with Crippen molar-refractivity contribution in [3.8, 4) is 11.5 Å². The molecule has 0 fully saturated rings. The predicted octanol–water partition coefficient (Wildman–Crippen LogP) is 7.59. The van der Waals surface area contributed by atoms with Crippen molar-refractivity contribution >= 4 is 62.6 Å². The first-order valence-electron chi connectivity index (χ1n) is 13.5. The molecule has 0 aliphatic heterocycles. The van der Waals surface area contributed by atoms with Gasteiger partial charge in [0.25, 0.3) is 15.9 Å². The molecule has 0 radical (unpaired) electrons. The molecule has 0 spiro atoms. The summed E-state index contributed by atoms with van der Waals surface area (Å²) < 4.78 is 39.9. The van der Waals surface area contributed by atoms with E-state index < -0.39 is 22.5 Å². The van der Waals surface area contributed by atoms with Crippen molar-refractivity contribution in [2.45, 2.75) is 32.3 Å². The molecular formula is C32H30Cl3N3O5S. The Kier molecular flexibility index (Phi) is 11.2. The minimum Gasteiger partial charge on any atom is -0.490 e. The summed E-state index contributed by atoms with van der Waals surface area (Å²) in [6.45, 7) is 5.73. The third-order valence-electron chi connectivity index (χ3n) is 6.54. The van der Waals surface area contributed by atoms with Crippen LogP contribution in [0.4, 0.5) is 5.69 Å². The van der Waals surface area contributed by atoms with Crippen LogP contribution >= 0.6 is 34.8 Å². The second-order valence-electron chi connectivity index (χ2n) is 9.69. The van der Waals surface area contributed by atoms with Gasteiger partial charge in [-0.15, -0.1) is 0 Å². The third-order valence-corrected chi connectivity index (χ3v) is 9.16. The van der Waals surface area contributed by atoms with Gasteiger partial charge in [0.15, 0.2) is 11.5 Å². The van der Waals surface area contributed by atoms with E-state index in [0.29, 0.717) is 44.4 Å². The number of amides is 1. The Morgan fingerprint density at radius 3 is 2.27 bits per heavy atom. The van der Waals surface area contributed by atoms with Crippen LogP contribution in [0.5, 0.6) is 11.5 Å². The molecule has 1 N–H and O–H groups in total. The number of hydrogen-bond acceptors (Lipinski definition) is 6. The van der Waals surface area contributed by atoms with Gasteiger partial charge in [0.1, 0.15) is 13.2 Å². The first-order chi connectivity index (χ1) is 21.0. The van der Waals surface area contributed by atoms with Crippen molar-refractivity contribution in [1.82, 2.24) is 5.43 Å². The molecule has 0 aliphatic carbocycles. The number of rotatable bonds is 12. The number of ether oxygens (including phenoxy) is 2. The molecule has 0 unspecified atom stereocenters. The van der Waals surface area contributed by atoms with E-state index in [4.69, 9.17) is 44.3 Å². The molecule has 230 valence electrons. The summed E-state index contributed by atoms with van der Waals surface area (Å²) in [4.78, 5) is 13.0. The zero-order valence-electron chi connectivity index (χ0n) is 24.2. The van der Waals surface area contributed by atoms with E-state index >= 15 is 0 Å². The lowest BCUT2D eigenvalue weighted by Crippen LogP contribution is -2.39. The Morgan fingerprint density at radius 2 is 1.59 bits per heavy atom. The highest BCUT2D eigenvalue weighted by molar-refractivity contribution is 7.92. The van der Waals surface area contributed by atoms with E-state index in [1.807, 2.05) is 20.8 Å². The van der Waals surface area contributed by atoms with Crippen LogP contribution in [0.2, 0.25) is 15.1 Å². The van der Waals surface area contributed by atoms with Crippen LogP contribution in [0.25, 0.3) is 0 Å². The number of benzene rings is 4. The van der Waals surface area contributed by atoms with Crippen LogP contribution in [0.1, 0.15) is 29.2 Å². The zero-order chi connectivity index (χ0) is 31.9. The maximum absolute atomic E-state index is 13.6. The number of halogens is 3. The minimum atomic E-state index is -4.10. The van der Waals surface area contributed by atoms with Crippen LogP contribution in [0, 0.1) is 13.8 Å². The fourth-order valence-electron chi connectivity index (χ4n) is 4.06. The van der Waals surface area contributed by atoms with Gasteiger partial charge in [-0.05, 0) is 104 Å². The van der Waals surface area contributed by atoms with E-state index in [-0.39, 0.29) is 11.5 Å². The number of hydrogen-bond donors (Lipinski definition) is 1. The number of anilines is 1. The third kappa shape index (κ3) is 8.45. The second kappa shape index (κ2) is 14.8. The van der Waals surface area contributed by atoms with Gasteiger partial charge in [-0.25, -0.2) is 13.8 Å². The van der Waals surface area contributed by atoms with E-state index in [1.165, 1.54) is 30.5 Å². The van der Waals surface area contributed by atoms with Gasteiger partial charge in [0, 0.05) is 20.6 Å². The number of nitrogens with zero attached hydrogens (tertiary/aromatic N) is 2. The Labute approximate surface area is 272 Å². The van der Waals surface area contributed by atoms with Crippen LogP contribution in [-0.4, -0.2) is 33.7 Å². The van der Waals surface area contributed by atoms with Crippen molar-refractivity contribution in [3.63, 3.8) is 0 Å². The Balaban J connectivity index is 1.49. The average Bonchev–Trinajstić information content (AvgIpc) is 2.98. The van der Waals surface area contributed by atoms with Crippen molar-refractivity contribution in [1.29, 1.82) is 0 Å². The molecule has 0 aromatic heterocycles. The number of hydrazone groups is 1. The summed E-state index contributed by atoms with van der Waals surface area (Å²) in [7, 11) is -4.10. The molecular weight excluding hydrogens is 645 g/mol. The molecule has 0 saturated carbocycles. The van der Waals surface area contributed by atoms with E-state index in [0.717, 1.165) is 21.0 Å². The minimum absolute atomic E-state index is 0.000486. The Hall–Kier alpha value is -3.76. The number of carbonyl (C=O) groups is 1. The monoisotopic (exact) mass is 673 g/mol. The van der Waals surface area contributed by atoms with Gasteiger partial charge >= 0.3 is 0 Å². The quantitative estimate of drug-likeness (QED) is 0.123. The predicted molar refractivity (Wildman–Crippen MR) is 176 cm³/mol. The second-order valence-corrected chi connectivity index (χ2v) is 12.8. The first kappa shape index (κ1) is 33.1. The van der Waals surface area contributed by atoms with E-state index in [9.17, 15) is 13.2 Å². The standard InChI is InChI=1S/C32H30Cl3N3O5S/c1-4-42-31-16-23(6-14-30(31)43-20-24-7-8-26(34)17-29(24)35)18-36-37-32(39)19-38(27-11-5-21(2)22(3)15-27)44(40,41)28-12-9-25(33)10-13-28/h5-18H,4,19-20H2,1-3H3,(H,37,39)/b36-18-. The van der Waals surface area contributed by atoms with Gasteiger partial charge in [-0.2, -0.15) is 5.10 Å². The lowest BCUT2D eigenvalue weighted by Gasteiger charge is -2.24. The van der Waals surface area contributed by atoms with Crippen LogP contribution in [0.15, 0.2) is 88.9 Å². The molecule has 4 aromatic rings. The SMILES string of the molecule is CCOc1cc(/C=N\NC(=O)CN(c2ccc(C)c(C)c2)S(=O)(=O)c2ccc(Cl)cc2)ccc1OCc1ccc(Cl)cc1Cl. The number of sulfonamides is 1. The fraction of sp³-hybridized carbons (Fsp3) is 0.188. The molecule has 0 aliphatic rings. The lowest BCUT2D eigenvalue weighted by molar-refractivity contribution is -0.119. The smallest absolute Gasteiger partial charge is 0.264 e. The fourth-order valence-corrected chi connectivity index (χ4v) is 6.06. The summed E-state index contributed by atoms with van der Waals surface area (Å²) in [5.41, 5.74) is 6.02. The molecule has 4 rings (SSSR count). The van der Waals surface area contributed by atoms with E-state index in [2.05, 4.69) is 10.5 Å². The molecule has 0 saturated heterocycles. The highest BCUT2D eigenvalue weighted by atomic mass is 35.5. The maximum atomic E-state index is 13.6. The highest BCUT2D eigenvalue weighted by Gasteiger charge is 2.27. The molecule has 8 nitrogen and oxygen atoms in total. The Morgan fingerprint density at radius 1 is 0.864 bits per heavy atom. The van der Waals surface area contributed by atoms with Gasteiger partial charge in [-0.1, -0.05) is 46.9 Å². The van der Waals surface area contributed by atoms with E-state index in [1.54, 1.807) is 54.6 Å². The van der Waals surface area contributed by atoms with Gasteiger partial charge in [0.05, 0.1) is 23.4 Å². The van der Waals surface area contributed by atoms with Crippen molar-refractivity contribution in [2.24, 2.45) is 5.10 Å². The topological polar surface area (TPSA) is 97.3 Å². The molecule has 1 amide bonds. The Bertz CT molecular complexity index is 1780. The molecule has 0 atom stereocenters. The molecule has 0 bridgehead atoms.